The zero-order valence-electron chi connectivity index (χ0n) is 17.3. The van der Waals surface area contributed by atoms with Crippen molar-refractivity contribution in [2.24, 2.45) is 5.92 Å². The first kappa shape index (κ1) is 21.7. The molecule has 2 heterocycles. The van der Waals surface area contributed by atoms with Gasteiger partial charge in [0, 0.05) is 24.7 Å². The summed E-state index contributed by atoms with van der Waals surface area (Å²) in [6, 6.07) is 4.62. The van der Waals surface area contributed by atoms with Crippen molar-refractivity contribution in [3.8, 4) is 5.75 Å². The predicted octanol–water partition coefficient (Wildman–Crippen LogP) is -0.249. The van der Waals surface area contributed by atoms with Gasteiger partial charge in [0.1, 0.15) is 24.7 Å². The Bertz CT molecular complexity index is 874. The molecule has 30 heavy (non-hydrogen) atoms. The highest BCUT2D eigenvalue weighted by atomic mass is 16.5. The van der Waals surface area contributed by atoms with Crippen LogP contribution in [0.2, 0.25) is 0 Å². The van der Waals surface area contributed by atoms with Crippen LogP contribution >= 0.6 is 0 Å². The van der Waals surface area contributed by atoms with E-state index in [0.29, 0.717) is 30.1 Å². The second kappa shape index (κ2) is 9.63. The maximum Gasteiger partial charge on any atom is 0.258 e. The Morgan fingerprint density at radius 1 is 1.43 bits per heavy atom. The van der Waals surface area contributed by atoms with E-state index in [2.05, 4.69) is 26.2 Å². The molecule has 3 atom stereocenters. The first-order chi connectivity index (χ1) is 14.4. The van der Waals surface area contributed by atoms with Crippen LogP contribution in [0.3, 0.4) is 0 Å². The Kier molecular flexibility index (Phi) is 6.95. The summed E-state index contributed by atoms with van der Waals surface area (Å²) in [6.45, 7) is 4.68. The van der Waals surface area contributed by atoms with E-state index < -0.39 is 0 Å². The fraction of sp³-hybridized carbons (Fsp3) is 0.526. The van der Waals surface area contributed by atoms with Gasteiger partial charge < -0.3 is 25.4 Å². The molecule has 1 aliphatic rings. The van der Waals surface area contributed by atoms with Crippen LogP contribution in [-0.4, -0.2) is 80.9 Å². The van der Waals surface area contributed by atoms with Crippen LogP contribution in [-0.2, 0) is 11.3 Å². The third kappa shape index (κ3) is 4.92. The minimum Gasteiger partial charge on any atom is -0.488 e. The molecule has 3 N–H and O–H groups in total. The van der Waals surface area contributed by atoms with Crippen molar-refractivity contribution in [1.29, 1.82) is 0 Å². The van der Waals surface area contributed by atoms with Gasteiger partial charge in [-0.25, -0.2) is 4.68 Å². The number of aliphatic hydroxyl groups is 1. The quantitative estimate of drug-likeness (QED) is 0.561. The van der Waals surface area contributed by atoms with E-state index in [-0.39, 0.29) is 43.0 Å². The molecule has 0 unspecified atom stereocenters. The summed E-state index contributed by atoms with van der Waals surface area (Å²) in [5.74, 6) is -0.0822. The van der Waals surface area contributed by atoms with Crippen molar-refractivity contribution in [3.05, 3.63) is 30.1 Å². The number of carbonyl (C=O) groups is 2. The molecular weight excluding hydrogens is 390 g/mol. The van der Waals surface area contributed by atoms with Crippen molar-refractivity contribution in [1.82, 2.24) is 30.4 Å². The smallest absolute Gasteiger partial charge is 0.258 e. The first-order valence-electron chi connectivity index (χ1n) is 9.80. The number of tetrazole rings is 1. The number of ether oxygens (including phenoxy) is 1. The number of nitrogens with one attached hydrogen (secondary N) is 2. The van der Waals surface area contributed by atoms with Gasteiger partial charge in [-0.1, -0.05) is 6.92 Å². The van der Waals surface area contributed by atoms with E-state index >= 15 is 0 Å². The molecule has 0 bridgehead atoms. The molecule has 2 aromatic rings. The standard InChI is InChI=1S/C19H27N7O4/c1-12-8-26(13(2)10-27)19(29)15-6-14(4-5-16(15)30-17(12)7-20-3)22-18(28)9-25-11-21-23-24-25/h4-6,11-13,17,20,27H,7-10H2,1-3H3,(H,22,28)/t12-,13+,17-/m0/s1. The molecule has 0 fully saturated rings. The number of aromatic nitrogens is 4. The van der Waals surface area contributed by atoms with Gasteiger partial charge >= 0.3 is 0 Å². The third-order valence-electron chi connectivity index (χ3n) is 5.05. The number of hydrogen-bond acceptors (Lipinski definition) is 8. The lowest BCUT2D eigenvalue weighted by Crippen LogP contribution is -2.49. The minimum atomic E-state index is -0.348. The molecule has 11 nitrogen and oxygen atoms in total. The zero-order valence-corrected chi connectivity index (χ0v) is 17.3. The topological polar surface area (TPSA) is 134 Å². The van der Waals surface area contributed by atoms with Crippen LogP contribution in [0.15, 0.2) is 24.5 Å². The average molecular weight is 417 g/mol. The molecule has 2 amide bonds. The minimum absolute atomic E-state index is 0.0516. The predicted molar refractivity (Wildman–Crippen MR) is 108 cm³/mol. The number of anilines is 1. The number of benzene rings is 1. The van der Waals surface area contributed by atoms with Gasteiger partial charge in [-0.2, -0.15) is 0 Å². The summed E-state index contributed by atoms with van der Waals surface area (Å²) in [4.78, 5) is 27.2. The van der Waals surface area contributed by atoms with Crippen molar-refractivity contribution in [2.75, 3.05) is 32.1 Å². The van der Waals surface area contributed by atoms with E-state index in [1.165, 1.54) is 11.0 Å². The summed E-state index contributed by atoms with van der Waals surface area (Å²) in [5.41, 5.74) is 0.794. The Morgan fingerprint density at radius 3 is 2.90 bits per heavy atom. The van der Waals surface area contributed by atoms with Gasteiger partial charge in [0.15, 0.2) is 0 Å². The van der Waals surface area contributed by atoms with Crippen molar-refractivity contribution in [3.63, 3.8) is 0 Å². The Hall–Kier alpha value is -3.05. The van der Waals surface area contributed by atoms with Crippen molar-refractivity contribution >= 4 is 17.5 Å². The number of rotatable bonds is 7. The molecule has 11 heteroatoms. The number of likely N-dealkylation sites (N-methyl/N-ethyl adjacent to an activating group) is 1. The number of fused-ring (bicyclic) bond motifs is 1. The van der Waals surface area contributed by atoms with Gasteiger partial charge in [-0.3, -0.25) is 9.59 Å². The molecule has 0 saturated carbocycles. The maximum absolute atomic E-state index is 13.3. The second-order valence-electron chi connectivity index (χ2n) is 7.45. The summed E-state index contributed by atoms with van der Waals surface area (Å²) < 4.78 is 7.45. The Labute approximate surface area is 174 Å². The molecule has 1 aromatic heterocycles. The highest BCUT2D eigenvalue weighted by Gasteiger charge is 2.32. The monoisotopic (exact) mass is 417 g/mol. The Balaban J connectivity index is 1.89. The molecular formula is C19H27N7O4. The van der Waals surface area contributed by atoms with E-state index in [4.69, 9.17) is 4.74 Å². The lowest BCUT2D eigenvalue weighted by atomic mass is 9.99. The second-order valence-corrected chi connectivity index (χ2v) is 7.45. The average Bonchev–Trinajstić information content (AvgIpc) is 3.23. The lowest BCUT2D eigenvalue weighted by molar-refractivity contribution is -0.116. The molecule has 0 aliphatic carbocycles. The van der Waals surface area contributed by atoms with Crippen LogP contribution in [0.5, 0.6) is 5.75 Å². The van der Waals surface area contributed by atoms with E-state index in [0.717, 1.165) is 0 Å². The summed E-state index contributed by atoms with van der Waals surface area (Å²) in [5, 5.41) is 26.2. The van der Waals surface area contributed by atoms with Crippen LogP contribution in [0, 0.1) is 5.92 Å². The van der Waals surface area contributed by atoms with Crippen LogP contribution in [0.4, 0.5) is 5.69 Å². The fourth-order valence-corrected chi connectivity index (χ4v) is 3.35. The van der Waals surface area contributed by atoms with Gasteiger partial charge in [0.25, 0.3) is 5.91 Å². The number of carbonyl (C=O) groups excluding carboxylic acids is 2. The number of nitrogens with zero attached hydrogens (tertiary/aromatic N) is 5. The van der Waals surface area contributed by atoms with Crippen molar-refractivity contribution < 1.29 is 19.4 Å². The summed E-state index contributed by atoms with van der Waals surface area (Å²) >= 11 is 0. The Morgan fingerprint density at radius 2 is 2.23 bits per heavy atom. The van der Waals surface area contributed by atoms with Crippen LogP contribution in [0.25, 0.3) is 0 Å². The van der Waals surface area contributed by atoms with Crippen LogP contribution < -0.4 is 15.4 Å². The molecule has 3 rings (SSSR count). The SMILES string of the molecule is CNC[C@@H]1Oc2ccc(NC(=O)Cn3cnnn3)cc2C(=O)N([C@H](C)CO)C[C@@H]1C. The van der Waals surface area contributed by atoms with E-state index in [1.807, 2.05) is 14.0 Å². The third-order valence-corrected chi connectivity index (χ3v) is 5.05. The largest absolute Gasteiger partial charge is 0.488 e. The molecule has 0 spiro atoms. The molecule has 162 valence electrons. The van der Waals surface area contributed by atoms with Crippen LogP contribution in [0.1, 0.15) is 24.2 Å². The molecule has 1 aromatic carbocycles. The fourth-order valence-electron chi connectivity index (χ4n) is 3.35. The zero-order chi connectivity index (χ0) is 21.7. The summed E-state index contributed by atoms with van der Waals surface area (Å²) in [6.07, 6.45) is 1.19. The van der Waals surface area contributed by atoms with Gasteiger partial charge in [-0.05, 0) is 42.6 Å². The first-order valence-corrected chi connectivity index (χ1v) is 9.80. The summed E-state index contributed by atoms with van der Waals surface area (Å²) in [7, 11) is 1.85. The number of aliphatic hydroxyl groups excluding tert-OH is 1. The highest BCUT2D eigenvalue weighted by molar-refractivity contribution is 5.99. The normalized spacial score (nSPS) is 20.0. The van der Waals surface area contributed by atoms with Crippen molar-refractivity contribution in [2.45, 2.75) is 32.5 Å². The van der Waals surface area contributed by atoms with E-state index in [9.17, 15) is 14.7 Å². The van der Waals surface area contributed by atoms with E-state index in [1.54, 1.807) is 30.0 Å². The number of hydrogen-bond donors (Lipinski definition) is 3. The molecule has 0 radical (unpaired) electrons. The number of amides is 2. The highest BCUT2D eigenvalue weighted by Crippen LogP contribution is 2.30. The van der Waals surface area contributed by atoms with Gasteiger partial charge in [0.2, 0.25) is 5.91 Å². The van der Waals surface area contributed by atoms with Gasteiger partial charge in [-0.15, -0.1) is 5.10 Å². The lowest BCUT2D eigenvalue weighted by Gasteiger charge is -2.37. The molecule has 1 aliphatic heterocycles. The van der Waals surface area contributed by atoms with Gasteiger partial charge in [0.05, 0.1) is 18.2 Å². The molecule has 0 saturated heterocycles. The maximum atomic E-state index is 13.3.